The van der Waals surface area contributed by atoms with Gasteiger partial charge in [-0.25, -0.2) is 0 Å². The third kappa shape index (κ3) is 8.05. The van der Waals surface area contributed by atoms with Crippen LogP contribution in [0.1, 0.15) is 33.1 Å². The van der Waals surface area contributed by atoms with Crippen molar-refractivity contribution in [1.29, 1.82) is 0 Å². The predicted molar refractivity (Wildman–Crippen MR) is 113 cm³/mol. The predicted octanol–water partition coefficient (Wildman–Crippen LogP) is 3.68. The minimum absolute atomic E-state index is 0.339. The molecule has 1 atom stereocenters. The van der Waals surface area contributed by atoms with Crippen LogP contribution in [0.4, 0.5) is 0 Å². The summed E-state index contributed by atoms with van der Waals surface area (Å²) in [5.74, 6) is 1.16. The summed E-state index contributed by atoms with van der Waals surface area (Å²) >= 11 is 0. The van der Waals surface area contributed by atoms with Crippen LogP contribution >= 0.6 is 0 Å². The summed E-state index contributed by atoms with van der Waals surface area (Å²) < 4.78 is 10.7. The Morgan fingerprint density at radius 3 is 3.04 bits per heavy atom. The van der Waals surface area contributed by atoms with Crippen LogP contribution in [0, 0.1) is 5.92 Å². The first-order valence-electron chi connectivity index (χ1n) is 9.93. The molecule has 0 saturated carbocycles. The Morgan fingerprint density at radius 2 is 2.21 bits per heavy atom. The summed E-state index contributed by atoms with van der Waals surface area (Å²) in [5.41, 5.74) is 2.21. The molecule has 1 aliphatic heterocycles. The van der Waals surface area contributed by atoms with E-state index in [1.165, 1.54) is 5.57 Å². The van der Waals surface area contributed by atoms with E-state index in [1.54, 1.807) is 0 Å². The van der Waals surface area contributed by atoms with Crippen LogP contribution in [0.2, 0.25) is 0 Å². The fourth-order valence-electron chi connectivity index (χ4n) is 2.95. The lowest BCUT2D eigenvalue weighted by atomic mass is 10.0. The van der Waals surface area contributed by atoms with E-state index in [0.29, 0.717) is 45.3 Å². The van der Waals surface area contributed by atoms with Crippen molar-refractivity contribution in [3.8, 4) is 0 Å². The maximum Gasteiger partial charge on any atom is 0.293 e. The smallest absolute Gasteiger partial charge is 0.293 e. The molecule has 0 bridgehead atoms. The number of amidine groups is 1. The van der Waals surface area contributed by atoms with Gasteiger partial charge in [0.25, 0.3) is 6.47 Å². The zero-order valence-electron chi connectivity index (χ0n) is 16.9. The van der Waals surface area contributed by atoms with Gasteiger partial charge in [-0.15, -0.1) is 5.10 Å². The highest BCUT2D eigenvalue weighted by Gasteiger charge is 2.18. The quantitative estimate of drug-likeness (QED) is 0.380. The average molecular weight is 386 g/mol. The summed E-state index contributed by atoms with van der Waals surface area (Å²) in [5, 5.41) is 8.77. The molecule has 0 amide bonds. The standard InChI is InChI=1S/C22H31N3O3/c1-3-4-11-22-24-23-21(15-25(22)12-13-27-18-26)14-19(2)16-28-17-20-9-7-5-6-8-10-20/h4-5,7-11,18-19H,3,6,12-17H2,1-2H3/b11-4-. The number of nitrogens with zero attached hydrogens (tertiary/aromatic N) is 3. The molecule has 0 N–H and O–H groups in total. The van der Waals surface area contributed by atoms with Crippen LogP contribution in [-0.4, -0.2) is 55.8 Å². The fourth-order valence-corrected chi connectivity index (χ4v) is 2.95. The van der Waals surface area contributed by atoms with Gasteiger partial charge in [0.05, 0.1) is 25.4 Å². The van der Waals surface area contributed by atoms with E-state index in [2.05, 4.69) is 65.4 Å². The van der Waals surface area contributed by atoms with Gasteiger partial charge >= 0.3 is 0 Å². The van der Waals surface area contributed by atoms with Crippen LogP contribution < -0.4 is 0 Å². The van der Waals surface area contributed by atoms with Gasteiger partial charge in [0, 0.05) is 6.61 Å². The van der Waals surface area contributed by atoms with Crippen molar-refractivity contribution in [2.75, 3.05) is 32.9 Å². The molecule has 2 rings (SSSR count). The molecule has 1 unspecified atom stereocenters. The van der Waals surface area contributed by atoms with Gasteiger partial charge < -0.3 is 14.4 Å². The zero-order chi connectivity index (χ0) is 20.0. The Labute approximate surface area is 168 Å². The molecule has 28 heavy (non-hydrogen) atoms. The lowest BCUT2D eigenvalue weighted by molar-refractivity contribution is -0.128. The van der Waals surface area contributed by atoms with Crippen LogP contribution in [0.5, 0.6) is 0 Å². The number of carbonyl (C=O) groups is 1. The Morgan fingerprint density at radius 1 is 1.32 bits per heavy atom. The Balaban J connectivity index is 1.83. The molecule has 6 nitrogen and oxygen atoms in total. The highest BCUT2D eigenvalue weighted by molar-refractivity contribution is 5.99. The molecule has 0 aromatic carbocycles. The van der Waals surface area contributed by atoms with Gasteiger partial charge in [0.2, 0.25) is 0 Å². The van der Waals surface area contributed by atoms with Crippen LogP contribution in [-0.2, 0) is 14.3 Å². The van der Waals surface area contributed by atoms with E-state index < -0.39 is 0 Å². The third-order valence-corrected chi connectivity index (χ3v) is 4.35. The zero-order valence-corrected chi connectivity index (χ0v) is 16.9. The number of hydrogen-bond donors (Lipinski definition) is 0. The second-order valence-corrected chi connectivity index (χ2v) is 6.96. The summed E-state index contributed by atoms with van der Waals surface area (Å²) in [6, 6.07) is 0. The van der Waals surface area contributed by atoms with E-state index in [0.717, 1.165) is 30.8 Å². The molecule has 2 aliphatic rings. The molecule has 0 fully saturated rings. The van der Waals surface area contributed by atoms with Gasteiger partial charge in [-0.05, 0) is 36.8 Å². The van der Waals surface area contributed by atoms with Crippen molar-refractivity contribution in [2.24, 2.45) is 16.1 Å². The largest absolute Gasteiger partial charge is 0.466 e. The Kier molecular flexibility index (Phi) is 10.0. The van der Waals surface area contributed by atoms with Gasteiger partial charge in [0.15, 0.2) is 5.84 Å². The van der Waals surface area contributed by atoms with E-state index in [-0.39, 0.29) is 0 Å². The number of hydrogen-bond acceptors (Lipinski definition) is 6. The number of rotatable bonds is 12. The van der Waals surface area contributed by atoms with Crippen molar-refractivity contribution < 1.29 is 14.3 Å². The van der Waals surface area contributed by atoms with E-state index >= 15 is 0 Å². The van der Waals surface area contributed by atoms with Crippen LogP contribution in [0.3, 0.4) is 0 Å². The van der Waals surface area contributed by atoms with Gasteiger partial charge in [-0.1, -0.05) is 50.3 Å². The highest BCUT2D eigenvalue weighted by Crippen LogP contribution is 2.12. The van der Waals surface area contributed by atoms with Crippen molar-refractivity contribution >= 4 is 18.0 Å². The third-order valence-electron chi connectivity index (χ3n) is 4.35. The summed E-state index contributed by atoms with van der Waals surface area (Å²) in [4.78, 5) is 12.5. The first-order chi connectivity index (χ1) is 13.7. The molecular formula is C22H31N3O3. The van der Waals surface area contributed by atoms with E-state index in [4.69, 9.17) is 9.47 Å². The maximum absolute atomic E-state index is 10.4. The summed E-state index contributed by atoms with van der Waals surface area (Å²) in [6.07, 6.45) is 17.3. The molecular weight excluding hydrogens is 354 g/mol. The first-order valence-corrected chi connectivity index (χ1v) is 9.93. The lowest BCUT2D eigenvalue weighted by Crippen LogP contribution is -2.40. The number of carbonyl (C=O) groups excluding carboxylic acids is 1. The monoisotopic (exact) mass is 385 g/mol. The topological polar surface area (TPSA) is 63.5 Å². The minimum atomic E-state index is 0.339. The second-order valence-electron chi connectivity index (χ2n) is 6.96. The second kappa shape index (κ2) is 12.8. The SMILES string of the molecule is CC/C=C\C1=NN=C(CC(C)COCC2=CC=CCC=C2)CN1CCOC=O. The maximum atomic E-state index is 10.4. The van der Waals surface area contributed by atoms with Gasteiger partial charge in [-0.3, -0.25) is 4.79 Å². The molecule has 0 spiro atoms. The van der Waals surface area contributed by atoms with Crippen molar-refractivity contribution in [3.63, 3.8) is 0 Å². The number of allylic oxidation sites excluding steroid dienone is 5. The average Bonchev–Trinajstić information content (AvgIpc) is 2.96. The lowest BCUT2D eigenvalue weighted by Gasteiger charge is -2.27. The molecule has 6 heteroatoms. The van der Waals surface area contributed by atoms with Crippen LogP contribution in [0.25, 0.3) is 0 Å². The first kappa shape index (κ1) is 21.8. The van der Waals surface area contributed by atoms with Crippen molar-refractivity contribution in [1.82, 2.24) is 4.90 Å². The van der Waals surface area contributed by atoms with Crippen LogP contribution in [0.15, 0.2) is 58.3 Å². The summed E-state index contributed by atoms with van der Waals surface area (Å²) in [6.45, 7) is 7.65. The molecule has 0 saturated heterocycles. The molecule has 0 aromatic heterocycles. The Hall–Kier alpha value is -2.47. The number of ether oxygens (including phenoxy) is 2. The van der Waals surface area contributed by atoms with Gasteiger partial charge in [0.1, 0.15) is 6.61 Å². The molecule has 1 heterocycles. The van der Waals surface area contributed by atoms with E-state index in [1.807, 2.05) is 6.08 Å². The molecule has 1 aliphatic carbocycles. The minimum Gasteiger partial charge on any atom is -0.466 e. The van der Waals surface area contributed by atoms with Gasteiger partial charge in [-0.2, -0.15) is 5.10 Å². The fraction of sp³-hybridized carbons (Fsp3) is 0.500. The van der Waals surface area contributed by atoms with Crippen molar-refractivity contribution in [3.05, 3.63) is 48.1 Å². The summed E-state index contributed by atoms with van der Waals surface area (Å²) in [7, 11) is 0. The van der Waals surface area contributed by atoms with E-state index in [9.17, 15) is 4.79 Å². The Bertz CT molecular complexity index is 675. The highest BCUT2D eigenvalue weighted by atomic mass is 16.5. The normalized spacial score (nSPS) is 17.8. The molecule has 0 aromatic rings. The van der Waals surface area contributed by atoms with Crippen molar-refractivity contribution in [2.45, 2.75) is 33.1 Å². The molecule has 152 valence electrons. The molecule has 0 radical (unpaired) electrons.